The summed E-state index contributed by atoms with van der Waals surface area (Å²) >= 11 is 0. The van der Waals surface area contributed by atoms with E-state index in [0.29, 0.717) is 18.7 Å². The fraction of sp³-hybridized carbons (Fsp3) is 0.346. The molecule has 0 radical (unpaired) electrons. The molecule has 0 saturated carbocycles. The molecule has 0 bridgehead atoms. The van der Waals surface area contributed by atoms with E-state index in [-0.39, 0.29) is 0 Å². The Kier molecular flexibility index (Phi) is 9.97. The van der Waals surface area contributed by atoms with Crippen molar-refractivity contribution in [2.45, 2.75) is 13.0 Å². The van der Waals surface area contributed by atoms with E-state index in [0.717, 1.165) is 50.3 Å². The summed E-state index contributed by atoms with van der Waals surface area (Å²) in [4.78, 5) is 43.1. The number of urea groups is 1. The number of carbonyl (C=O) groups is 3. The largest absolute Gasteiger partial charge is 0.324 e. The molecule has 35 heavy (non-hydrogen) atoms. The quantitative estimate of drug-likeness (QED) is 0.289. The van der Waals surface area contributed by atoms with Gasteiger partial charge in [0.2, 0.25) is 0 Å². The van der Waals surface area contributed by atoms with Crippen molar-refractivity contribution in [1.82, 2.24) is 25.5 Å². The first-order valence-corrected chi connectivity index (χ1v) is 11.7. The van der Waals surface area contributed by atoms with E-state index in [1.54, 1.807) is 40.7 Å². The van der Waals surface area contributed by atoms with Crippen LogP contribution in [0.1, 0.15) is 27.9 Å². The van der Waals surface area contributed by atoms with Gasteiger partial charge in [-0.3, -0.25) is 20.1 Å². The molecular formula is C26H33N5O4. The number of imide groups is 1. The predicted octanol–water partition coefficient (Wildman–Crippen LogP) is 2.19. The summed E-state index contributed by atoms with van der Waals surface area (Å²) < 4.78 is 0. The smallest absolute Gasteiger partial charge is 0.320 e. The van der Waals surface area contributed by atoms with Crippen LogP contribution < -0.4 is 10.8 Å². The van der Waals surface area contributed by atoms with Crippen molar-refractivity contribution in [2.24, 2.45) is 0 Å². The summed E-state index contributed by atoms with van der Waals surface area (Å²) in [5.74, 6) is -1.04. The molecule has 0 aromatic heterocycles. The summed E-state index contributed by atoms with van der Waals surface area (Å²) in [5, 5.41) is 11.1. The maximum Gasteiger partial charge on any atom is 0.324 e. The molecule has 1 fully saturated rings. The third-order valence-electron chi connectivity index (χ3n) is 5.93. The van der Waals surface area contributed by atoms with Crippen LogP contribution in [-0.4, -0.2) is 84.1 Å². The second kappa shape index (κ2) is 13.4. The van der Waals surface area contributed by atoms with Crippen molar-refractivity contribution in [2.75, 3.05) is 46.3 Å². The van der Waals surface area contributed by atoms with Gasteiger partial charge in [-0.15, -0.1) is 0 Å². The summed E-state index contributed by atoms with van der Waals surface area (Å²) in [7, 11) is 2.12. The Morgan fingerprint density at radius 1 is 1.00 bits per heavy atom. The van der Waals surface area contributed by atoms with Gasteiger partial charge in [-0.2, -0.15) is 0 Å². The Labute approximate surface area is 206 Å². The number of nitrogens with zero attached hydrogens (tertiary/aromatic N) is 3. The van der Waals surface area contributed by atoms with Crippen LogP contribution in [0, 0.1) is 0 Å². The van der Waals surface area contributed by atoms with Crippen molar-refractivity contribution >= 4 is 23.9 Å². The molecule has 0 atom stereocenters. The second-order valence-electron chi connectivity index (χ2n) is 8.60. The van der Waals surface area contributed by atoms with Gasteiger partial charge < -0.3 is 14.7 Å². The monoisotopic (exact) mass is 479 g/mol. The molecule has 1 aliphatic heterocycles. The number of benzene rings is 2. The highest BCUT2D eigenvalue weighted by Crippen LogP contribution is 2.11. The van der Waals surface area contributed by atoms with Gasteiger partial charge in [0, 0.05) is 50.9 Å². The molecule has 2 aromatic rings. The molecule has 3 N–H and O–H groups in total. The zero-order valence-corrected chi connectivity index (χ0v) is 20.0. The highest BCUT2D eigenvalue weighted by molar-refractivity contribution is 6.04. The zero-order valence-electron chi connectivity index (χ0n) is 20.0. The maximum absolute atomic E-state index is 13.0. The number of piperazine rings is 1. The lowest BCUT2D eigenvalue weighted by Crippen LogP contribution is -2.46. The van der Waals surface area contributed by atoms with Crippen molar-refractivity contribution in [3.63, 3.8) is 0 Å². The van der Waals surface area contributed by atoms with Crippen LogP contribution in [-0.2, 0) is 11.3 Å². The number of hydrogen-bond donors (Lipinski definition) is 3. The molecule has 1 heterocycles. The van der Waals surface area contributed by atoms with Crippen LogP contribution in [0.15, 0.2) is 60.7 Å². The molecule has 0 unspecified atom stereocenters. The number of amides is 4. The lowest BCUT2D eigenvalue weighted by Gasteiger charge is -2.33. The fourth-order valence-electron chi connectivity index (χ4n) is 3.81. The normalized spacial score (nSPS) is 14.6. The van der Waals surface area contributed by atoms with Gasteiger partial charge in [0.25, 0.3) is 11.8 Å². The highest BCUT2D eigenvalue weighted by atomic mass is 16.5. The maximum atomic E-state index is 13.0. The molecule has 186 valence electrons. The Balaban J connectivity index is 1.63. The van der Waals surface area contributed by atoms with E-state index in [2.05, 4.69) is 22.2 Å². The minimum Gasteiger partial charge on any atom is -0.320 e. The average molecular weight is 480 g/mol. The lowest BCUT2D eigenvalue weighted by molar-refractivity contribution is -0.124. The third kappa shape index (κ3) is 8.64. The van der Waals surface area contributed by atoms with Crippen molar-refractivity contribution in [1.29, 1.82) is 0 Å². The molecule has 9 nitrogen and oxygen atoms in total. The average Bonchev–Trinajstić information content (AvgIpc) is 2.89. The lowest BCUT2D eigenvalue weighted by atomic mass is 10.1. The van der Waals surface area contributed by atoms with Crippen molar-refractivity contribution < 1.29 is 19.6 Å². The van der Waals surface area contributed by atoms with Gasteiger partial charge in [0.15, 0.2) is 0 Å². The Bertz CT molecular complexity index is 1000. The minimum atomic E-state index is -0.611. The van der Waals surface area contributed by atoms with Gasteiger partial charge in [0.1, 0.15) is 0 Å². The van der Waals surface area contributed by atoms with Gasteiger partial charge in [-0.25, -0.2) is 10.3 Å². The molecule has 1 saturated heterocycles. The molecule has 0 spiro atoms. The number of likely N-dealkylation sites (N-methyl/N-ethyl adjacent to an activating group) is 1. The summed E-state index contributed by atoms with van der Waals surface area (Å²) in [6.45, 7) is 5.85. The number of hydrogen-bond acceptors (Lipinski definition) is 6. The summed E-state index contributed by atoms with van der Waals surface area (Å²) in [5.41, 5.74) is 3.66. The number of carbonyl (C=O) groups excluding carboxylic acids is 3. The Morgan fingerprint density at radius 2 is 1.69 bits per heavy atom. The number of nitrogens with one attached hydrogen (secondary N) is 2. The molecular weight excluding hydrogens is 446 g/mol. The van der Waals surface area contributed by atoms with Crippen LogP contribution in [0.5, 0.6) is 0 Å². The van der Waals surface area contributed by atoms with Gasteiger partial charge >= 0.3 is 6.03 Å². The predicted molar refractivity (Wildman–Crippen MR) is 134 cm³/mol. The molecule has 4 amide bonds. The van der Waals surface area contributed by atoms with E-state index in [1.165, 1.54) is 6.08 Å². The van der Waals surface area contributed by atoms with E-state index in [1.807, 2.05) is 30.3 Å². The molecule has 9 heteroatoms. The summed E-state index contributed by atoms with van der Waals surface area (Å²) in [6.07, 6.45) is 3.60. The third-order valence-corrected chi connectivity index (χ3v) is 5.93. The van der Waals surface area contributed by atoms with Gasteiger partial charge in [0.05, 0.1) is 0 Å². The van der Waals surface area contributed by atoms with Crippen molar-refractivity contribution in [3.8, 4) is 0 Å². The van der Waals surface area contributed by atoms with E-state index < -0.39 is 17.8 Å². The van der Waals surface area contributed by atoms with Crippen LogP contribution in [0.2, 0.25) is 0 Å². The van der Waals surface area contributed by atoms with Crippen LogP contribution in [0.3, 0.4) is 0 Å². The standard InChI is InChI=1S/C26H33N5O4/c1-29-16-18-30(19-17-29)14-5-15-31(26(34)27-25(33)23-6-3-2-4-7-23)20-22-10-8-21(9-11-22)12-13-24(32)28-35/h2-4,6-13,35H,5,14-20H2,1H3,(H,28,32)(H,27,33,34)/b13-12+. The SMILES string of the molecule is CN1CCN(CCCN(Cc2ccc(/C=C/C(=O)NO)cc2)C(=O)NC(=O)c2ccccc2)CC1. The first-order chi connectivity index (χ1) is 16.9. The molecule has 3 rings (SSSR count). The topological polar surface area (TPSA) is 105 Å². The van der Waals surface area contributed by atoms with E-state index in [4.69, 9.17) is 5.21 Å². The van der Waals surface area contributed by atoms with E-state index >= 15 is 0 Å². The van der Waals surface area contributed by atoms with Gasteiger partial charge in [-0.1, -0.05) is 42.5 Å². The summed E-state index contributed by atoms with van der Waals surface area (Å²) in [6, 6.07) is 15.6. The number of rotatable bonds is 9. The van der Waals surface area contributed by atoms with Gasteiger partial charge in [-0.05, 0) is 49.3 Å². The molecule has 2 aromatic carbocycles. The Hall–Kier alpha value is -3.53. The van der Waals surface area contributed by atoms with Crippen molar-refractivity contribution in [3.05, 3.63) is 77.4 Å². The van der Waals surface area contributed by atoms with Crippen LogP contribution in [0.25, 0.3) is 6.08 Å². The molecule has 0 aliphatic carbocycles. The zero-order chi connectivity index (χ0) is 25.0. The second-order valence-corrected chi connectivity index (χ2v) is 8.60. The van der Waals surface area contributed by atoms with Crippen LogP contribution >= 0.6 is 0 Å². The number of hydroxylamine groups is 1. The first kappa shape index (κ1) is 26.1. The van der Waals surface area contributed by atoms with Crippen LogP contribution in [0.4, 0.5) is 4.79 Å². The highest BCUT2D eigenvalue weighted by Gasteiger charge is 2.19. The Morgan fingerprint density at radius 3 is 2.34 bits per heavy atom. The first-order valence-electron chi connectivity index (χ1n) is 11.7. The van der Waals surface area contributed by atoms with E-state index in [9.17, 15) is 14.4 Å². The molecule has 1 aliphatic rings. The fourth-order valence-corrected chi connectivity index (χ4v) is 3.81. The minimum absolute atomic E-state index is 0.345.